The summed E-state index contributed by atoms with van der Waals surface area (Å²) in [5.41, 5.74) is 2.33. The van der Waals surface area contributed by atoms with Gasteiger partial charge in [-0.3, -0.25) is 15.0 Å². The van der Waals surface area contributed by atoms with Gasteiger partial charge in [0.15, 0.2) is 0 Å². The van der Waals surface area contributed by atoms with Gasteiger partial charge in [-0.2, -0.15) is 0 Å². The molecule has 2 aliphatic rings. The molecule has 2 atom stereocenters. The van der Waals surface area contributed by atoms with E-state index < -0.39 is 0 Å². The Kier molecular flexibility index (Phi) is 3.38. The van der Waals surface area contributed by atoms with E-state index in [0.717, 1.165) is 24.3 Å². The number of likely N-dealkylation sites (N-methyl/N-ethyl adjacent to an activating group) is 1. The summed E-state index contributed by atoms with van der Waals surface area (Å²) in [7, 11) is 2.23. The number of hydrogen-bond donors (Lipinski definition) is 0. The molecule has 0 spiro atoms. The smallest absolute Gasteiger partial charge is 0.269 e. The van der Waals surface area contributed by atoms with Crippen LogP contribution >= 0.6 is 0 Å². The van der Waals surface area contributed by atoms with E-state index in [-0.39, 0.29) is 10.6 Å². The highest BCUT2D eigenvalue weighted by atomic mass is 16.6. The highest BCUT2D eigenvalue weighted by Gasteiger charge is 2.34. The van der Waals surface area contributed by atoms with Gasteiger partial charge < -0.3 is 4.90 Å². The van der Waals surface area contributed by atoms with Gasteiger partial charge in [0.25, 0.3) is 5.69 Å². The van der Waals surface area contributed by atoms with Crippen molar-refractivity contribution in [2.45, 2.75) is 38.3 Å². The van der Waals surface area contributed by atoms with Crippen molar-refractivity contribution in [3.05, 3.63) is 33.9 Å². The average molecular weight is 275 g/mol. The topological polar surface area (TPSA) is 49.6 Å². The number of nitro groups is 1. The van der Waals surface area contributed by atoms with Crippen molar-refractivity contribution < 1.29 is 4.92 Å². The van der Waals surface area contributed by atoms with Crippen molar-refractivity contribution in [1.82, 2.24) is 4.90 Å². The van der Waals surface area contributed by atoms with E-state index in [2.05, 4.69) is 16.8 Å². The Morgan fingerprint density at radius 3 is 2.70 bits per heavy atom. The summed E-state index contributed by atoms with van der Waals surface area (Å²) in [5, 5.41) is 10.8. The van der Waals surface area contributed by atoms with Gasteiger partial charge in [-0.15, -0.1) is 0 Å². The number of nitro benzene ring substituents is 1. The first-order valence-corrected chi connectivity index (χ1v) is 7.28. The number of anilines is 1. The predicted molar refractivity (Wildman–Crippen MR) is 79.2 cm³/mol. The SMILES string of the molecule is Cc1cc([N+](=O)[O-])ccc1N1CCC2CCC(C1)N2C. The van der Waals surface area contributed by atoms with Crippen LogP contribution in [0.2, 0.25) is 0 Å². The van der Waals surface area contributed by atoms with Crippen LogP contribution in [0.5, 0.6) is 0 Å². The summed E-state index contributed by atoms with van der Waals surface area (Å²) < 4.78 is 0. The molecule has 0 aromatic heterocycles. The molecule has 20 heavy (non-hydrogen) atoms. The molecular formula is C15H21N3O2. The van der Waals surface area contributed by atoms with E-state index in [0.29, 0.717) is 12.1 Å². The van der Waals surface area contributed by atoms with E-state index in [1.807, 2.05) is 13.0 Å². The quantitative estimate of drug-likeness (QED) is 0.615. The minimum atomic E-state index is -0.324. The first-order valence-electron chi connectivity index (χ1n) is 7.28. The van der Waals surface area contributed by atoms with Crippen LogP contribution in [0.4, 0.5) is 11.4 Å². The molecule has 2 saturated heterocycles. The van der Waals surface area contributed by atoms with Gasteiger partial charge in [-0.05, 0) is 44.9 Å². The van der Waals surface area contributed by atoms with Crippen molar-refractivity contribution in [2.75, 3.05) is 25.0 Å². The normalized spacial score (nSPS) is 26.6. The molecule has 2 unspecified atom stereocenters. The van der Waals surface area contributed by atoms with Crippen LogP contribution in [-0.4, -0.2) is 42.0 Å². The predicted octanol–water partition coefficient (Wildman–Crippen LogP) is 2.58. The summed E-state index contributed by atoms with van der Waals surface area (Å²) >= 11 is 0. The van der Waals surface area contributed by atoms with Crippen LogP contribution in [0.1, 0.15) is 24.8 Å². The molecule has 1 aromatic rings. The molecule has 5 heteroatoms. The molecule has 5 nitrogen and oxygen atoms in total. The van der Waals surface area contributed by atoms with Crippen molar-refractivity contribution in [3.63, 3.8) is 0 Å². The standard InChI is InChI=1S/C15H21N3O2/c1-11-9-13(18(19)20)5-6-15(11)17-8-7-12-3-4-14(10-17)16(12)2/h5-6,9,12,14H,3-4,7-8,10H2,1-2H3. The van der Waals surface area contributed by atoms with Gasteiger partial charge in [0.1, 0.15) is 0 Å². The average Bonchev–Trinajstić information content (AvgIpc) is 2.64. The Bertz CT molecular complexity index is 532. The second-order valence-corrected chi connectivity index (χ2v) is 6.01. The Hall–Kier alpha value is -1.62. The maximum absolute atomic E-state index is 10.8. The minimum absolute atomic E-state index is 0.180. The Morgan fingerprint density at radius 2 is 2.00 bits per heavy atom. The Balaban J connectivity index is 1.84. The second-order valence-electron chi connectivity index (χ2n) is 6.01. The fourth-order valence-corrected chi connectivity index (χ4v) is 3.64. The first-order chi connectivity index (χ1) is 9.56. The summed E-state index contributed by atoms with van der Waals surface area (Å²) in [6, 6.07) is 6.55. The van der Waals surface area contributed by atoms with Crippen LogP contribution in [0, 0.1) is 17.0 Å². The lowest BCUT2D eigenvalue weighted by Crippen LogP contribution is -2.36. The molecule has 0 N–H and O–H groups in total. The number of rotatable bonds is 2. The second kappa shape index (κ2) is 5.05. The lowest BCUT2D eigenvalue weighted by Gasteiger charge is -2.28. The molecular weight excluding hydrogens is 254 g/mol. The molecule has 2 bridgehead atoms. The van der Waals surface area contributed by atoms with Gasteiger partial charge in [0, 0.05) is 43.0 Å². The van der Waals surface area contributed by atoms with Crippen molar-refractivity contribution >= 4 is 11.4 Å². The van der Waals surface area contributed by atoms with E-state index >= 15 is 0 Å². The number of non-ortho nitro benzene ring substituents is 1. The van der Waals surface area contributed by atoms with Gasteiger partial charge >= 0.3 is 0 Å². The summed E-state index contributed by atoms with van der Waals surface area (Å²) in [4.78, 5) is 15.4. The maximum Gasteiger partial charge on any atom is 0.269 e. The van der Waals surface area contributed by atoms with Crippen LogP contribution in [-0.2, 0) is 0 Å². The zero-order valence-electron chi connectivity index (χ0n) is 12.1. The van der Waals surface area contributed by atoms with Crippen molar-refractivity contribution in [3.8, 4) is 0 Å². The lowest BCUT2D eigenvalue weighted by molar-refractivity contribution is -0.384. The third-order valence-corrected chi connectivity index (χ3v) is 4.88. The van der Waals surface area contributed by atoms with Crippen LogP contribution in [0.3, 0.4) is 0 Å². The summed E-state index contributed by atoms with van der Waals surface area (Å²) in [6.07, 6.45) is 3.77. The van der Waals surface area contributed by atoms with Crippen molar-refractivity contribution in [1.29, 1.82) is 0 Å². The van der Waals surface area contributed by atoms with E-state index in [1.54, 1.807) is 12.1 Å². The minimum Gasteiger partial charge on any atom is -0.370 e. The maximum atomic E-state index is 10.8. The molecule has 1 aromatic carbocycles. The third-order valence-electron chi connectivity index (χ3n) is 4.88. The van der Waals surface area contributed by atoms with Crippen LogP contribution in [0.25, 0.3) is 0 Å². The molecule has 2 aliphatic heterocycles. The number of benzene rings is 1. The number of aryl methyl sites for hydroxylation is 1. The molecule has 108 valence electrons. The molecule has 0 aliphatic carbocycles. The van der Waals surface area contributed by atoms with Crippen LogP contribution < -0.4 is 4.90 Å². The highest BCUT2D eigenvalue weighted by Crippen LogP contribution is 2.32. The van der Waals surface area contributed by atoms with E-state index in [9.17, 15) is 10.1 Å². The lowest BCUT2D eigenvalue weighted by atomic mass is 10.1. The summed E-state index contributed by atoms with van der Waals surface area (Å²) in [5.74, 6) is 0. The molecule has 0 amide bonds. The molecule has 3 rings (SSSR count). The fourth-order valence-electron chi connectivity index (χ4n) is 3.64. The van der Waals surface area contributed by atoms with Gasteiger partial charge in [-0.1, -0.05) is 0 Å². The largest absolute Gasteiger partial charge is 0.370 e. The molecule has 2 heterocycles. The van der Waals surface area contributed by atoms with Crippen molar-refractivity contribution in [2.24, 2.45) is 0 Å². The van der Waals surface area contributed by atoms with Gasteiger partial charge in [0.2, 0.25) is 0 Å². The van der Waals surface area contributed by atoms with Crippen LogP contribution in [0.15, 0.2) is 18.2 Å². The zero-order chi connectivity index (χ0) is 14.3. The van der Waals surface area contributed by atoms with Gasteiger partial charge in [0.05, 0.1) is 4.92 Å². The first kappa shape index (κ1) is 13.4. The molecule has 0 radical (unpaired) electrons. The monoisotopic (exact) mass is 275 g/mol. The Morgan fingerprint density at radius 1 is 1.25 bits per heavy atom. The highest BCUT2D eigenvalue weighted by molar-refractivity contribution is 5.57. The zero-order valence-corrected chi connectivity index (χ0v) is 12.1. The third kappa shape index (κ3) is 2.26. The van der Waals surface area contributed by atoms with Gasteiger partial charge in [-0.25, -0.2) is 0 Å². The number of nitrogens with zero attached hydrogens (tertiary/aromatic N) is 3. The summed E-state index contributed by atoms with van der Waals surface area (Å²) in [6.45, 7) is 4.05. The van der Waals surface area contributed by atoms with E-state index in [1.165, 1.54) is 19.3 Å². The fraction of sp³-hybridized carbons (Fsp3) is 0.600. The number of hydrogen-bond acceptors (Lipinski definition) is 4. The van der Waals surface area contributed by atoms with E-state index in [4.69, 9.17) is 0 Å². The molecule has 0 saturated carbocycles. The Labute approximate surface area is 119 Å². The number of fused-ring (bicyclic) bond motifs is 2. The molecule has 2 fully saturated rings.